The Kier molecular flexibility index (Phi) is 6.66. The molecule has 2 fully saturated rings. The molecule has 9 nitrogen and oxygen atoms in total. The number of piperazine rings is 1. The summed E-state index contributed by atoms with van der Waals surface area (Å²) in [5.74, 6) is -1.23. The van der Waals surface area contributed by atoms with Crippen molar-refractivity contribution < 1.29 is 28.6 Å². The summed E-state index contributed by atoms with van der Waals surface area (Å²) in [7, 11) is 0. The highest BCUT2D eigenvalue weighted by atomic mass is 35.5. The van der Waals surface area contributed by atoms with Crippen LogP contribution in [0.25, 0.3) is 0 Å². The lowest BCUT2D eigenvalue weighted by molar-refractivity contribution is -0.119. The predicted molar refractivity (Wildman–Crippen MR) is 103 cm³/mol. The van der Waals surface area contributed by atoms with Crippen LogP contribution in [0.1, 0.15) is 11.6 Å². The Labute approximate surface area is 175 Å². The second kappa shape index (κ2) is 9.02. The van der Waals surface area contributed by atoms with E-state index in [1.807, 2.05) is 0 Å². The number of carbonyl (C=O) groups is 3. The van der Waals surface area contributed by atoms with Crippen LogP contribution in [-0.2, 0) is 9.53 Å². The average Bonchev–Trinajstić information content (AvgIpc) is 3.06. The smallest absolute Gasteiger partial charge is 0.414 e. The molecule has 12 heteroatoms. The highest BCUT2D eigenvalue weighted by Gasteiger charge is 2.34. The summed E-state index contributed by atoms with van der Waals surface area (Å²) in [4.78, 5) is 36.1. The summed E-state index contributed by atoms with van der Waals surface area (Å²) in [5, 5.41) is 14.8. The molecule has 3 N–H and O–H groups in total. The number of rotatable bonds is 5. The van der Waals surface area contributed by atoms with Gasteiger partial charge in [0, 0.05) is 25.2 Å². The molecule has 0 bridgehead atoms. The van der Waals surface area contributed by atoms with E-state index >= 15 is 0 Å². The predicted octanol–water partition coefficient (Wildman–Crippen LogP) is 1.70. The van der Waals surface area contributed by atoms with Crippen molar-refractivity contribution in [3.05, 3.63) is 29.6 Å². The van der Waals surface area contributed by atoms with Crippen LogP contribution in [0.3, 0.4) is 0 Å². The van der Waals surface area contributed by atoms with Crippen molar-refractivity contribution in [3.63, 3.8) is 0 Å². The third-order valence-electron chi connectivity index (χ3n) is 4.72. The number of ether oxygens (including phenoxy) is 1. The molecular weight excluding hydrogens is 430 g/mol. The van der Waals surface area contributed by atoms with Gasteiger partial charge >= 0.3 is 12.2 Å². The number of carbonyl (C=O) groups excluding carboxylic acids is 2. The van der Waals surface area contributed by atoms with Gasteiger partial charge in [-0.2, -0.15) is 0 Å². The number of halogens is 3. The number of cyclic esters (lactones) is 1. The van der Waals surface area contributed by atoms with E-state index < -0.39 is 40.9 Å². The number of nitrogens with one attached hydrogen (secondary N) is 2. The molecule has 1 aromatic carbocycles. The van der Waals surface area contributed by atoms with Gasteiger partial charge in [-0.05, 0) is 12.1 Å². The zero-order chi connectivity index (χ0) is 21.1. The van der Waals surface area contributed by atoms with E-state index in [9.17, 15) is 23.9 Å². The van der Waals surface area contributed by atoms with E-state index in [0.29, 0.717) is 6.54 Å². The van der Waals surface area contributed by atoms with E-state index in [1.165, 1.54) is 28.0 Å². The van der Waals surface area contributed by atoms with E-state index in [-0.39, 0.29) is 37.4 Å². The lowest BCUT2D eigenvalue weighted by Gasteiger charge is -2.34. The maximum absolute atomic E-state index is 14.8. The summed E-state index contributed by atoms with van der Waals surface area (Å²) >= 11 is 10.9. The lowest BCUT2D eigenvalue weighted by Crippen LogP contribution is -2.48. The van der Waals surface area contributed by atoms with Gasteiger partial charge < -0.3 is 20.5 Å². The summed E-state index contributed by atoms with van der Waals surface area (Å²) in [6, 6.07) is 3.50. The fourth-order valence-corrected chi connectivity index (χ4v) is 3.45. The minimum Gasteiger partial charge on any atom is -0.465 e. The highest BCUT2D eigenvalue weighted by molar-refractivity contribution is 6.53. The minimum atomic E-state index is -1.23. The molecule has 0 spiro atoms. The van der Waals surface area contributed by atoms with Gasteiger partial charge in [0.05, 0.1) is 24.8 Å². The van der Waals surface area contributed by atoms with Gasteiger partial charge in [0.25, 0.3) is 5.91 Å². The van der Waals surface area contributed by atoms with Gasteiger partial charge in [0.2, 0.25) is 0 Å². The molecule has 158 valence electrons. The highest BCUT2D eigenvalue weighted by Crippen LogP contribution is 2.29. The van der Waals surface area contributed by atoms with Crippen LogP contribution in [0, 0.1) is 5.82 Å². The SMILES string of the molecule is O=C(NC[C@H]1CN(c2ccc(C3CNCCN3C(=O)O)c(F)c2)C(=O)O1)C(Cl)Cl. The largest absolute Gasteiger partial charge is 0.465 e. The standard InChI is InChI=1S/C17H19Cl2FN4O5/c18-14(19)15(25)22-6-10-8-24(17(28)29-10)9-1-2-11(12(20)5-9)13-7-21-3-4-23(13)16(26)27/h1-2,5,10,13-14,21H,3-4,6-8H2,(H,22,25)(H,26,27)/t10-,13?/m0/s1. The Morgan fingerprint density at radius 3 is 2.83 bits per heavy atom. The van der Waals surface area contributed by atoms with E-state index in [4.69, 9.17) is 27.9 Å². The quantitative estimate of drug-likeness (QED) is 0.591. The summed E-state index contributed by atoms with van der Waals surface area (Å²) in [5.41, 5.74) is 0.485. The van der Waals surface area contributed by atoms with Crippen LogP contribution in [-0.4, -0.2) is 71.8 Å². The van der Waals surface area contributed by atoms with Crippen LogP contribution in [0.5, 0.6) is 0 Å². The number of carboxylic acid groups (broad SMARTS) is 1. The molecule has 0 saturated carbocycles. The number of amides is 3. The third-order valence-corrected chi connectivity index (χ3v) is 5.12. The molecule has 0 radical (unpaired) electrons. The first-order valence-electron chi connectivity index (χ1n) is 8.81. The maximum Gasteiger partial charge on any atom is 0.414 e. The molecule has 1 unspecified atom stereocenters. The number of hydrogen-bond donors (Lipinski definition) is 3. The first kappa shape index (κ1) is 21.4. The second-order valence-electron chi connectivity index (χ2n) is 6.56. The Morgan fingerprint density at radius 1 is 1.41 bits per heavy atom. The Balaban J connectivity index is 1.70. The number of nitrogens with zero attached hydrogens (tertiary/aromatic N) is 2. The molecule has 3 rings (SSSR count). The van der Waals surface area contributed by atoms with E-state index in [1.54, 1.807) is 0 Å². The number of alkyl halides is 2. The molecule has 2 atom stereocenters. The first-order chi connectivity index (χ1) is 13.8. The van der Waals surface area contributed by atoms with E-state index in [2.05, 4.69) is 10.6 Å². The van der Waals surface area contributed by atoms with Crippen molar-refractivity contribution in [1.82, 2.24) is 15.5 Å². The normalized spacial score (nSPS) is 22.0. The van der Waals surface area contributed by atoms with Crippen molar-refractivity contribution in [2.45, 2.75) is 17.0 Å². The zero-order valence-electron chi connectivity index (χ0n) is 15.1. The average molecular weight is 449 g/mol. The topological polar surface area (TPSA) is 111 Å². The van der Waals surface area contributed by atoms with Crippen LogP contribution < -0.4 is 15.5 Å². The van der Waals surface area contributed by atoms with Crippen LogP contribution in [0.15, 0.2) is 18.2 Å². The number of hydrogen-bond acceptors (Lipinski definition) is 5. The van der Waals surface area contributed by atoms with Crippen molar-refractivity contribution in [3.8, 4) is 0 Å². The van der Waals surface area contributed by atoms with Gasteiger partial charge in [-0.15, -0.1) is 0 Å². The maximum atomic E-state index is 14.8. The molecule has 2 saturated heterocycles. The van der Waals surface area contributed by atoms with Gasteiger partial charge in [0.1, 0.15) is 11.9 Å². The van der Waals surface area contributed by atoms with Crippen LogP contribution >= 0.6 is 23.2 Å². The molecule has 3 amide bonds. The van der Waals surface area contributed by atoms with Gasteiger partial charge in [-0.1, -0.05) is 29.3 Å². The second-order valence-corrected chi connectivity index (χ2v) is 7.66. The monoisotopic (exact) mass is 448 g/mol. The number of anilines is 1. The molecule has 1 aromatic rings. The van der Waals surface area contributed by atoms with Gasteiger partial charge in [-0.3, -0.25) is 14.6 Å². The van der Waals surface area contributed by atoms with Crippen molar-refractivity contribution >= 4 is 47.0 Å². The van der Waals surface area contributed by atoms with Crippen LogP contribution in [0.2, 0.25) is 0 Å². The van der Waals surface area contributed by atoms with Crippen molar-refractivity contribution in [1.29, 1.82) is 0 Å². The van der Waals surface area contributed by atoms with Gasteiger partial charge in [0.15, 0.2) is 4.84 Å². The summed E-state index contributed by atoms with van der Waals surface area (Å²) in [6.45, 7) is 1.14. The van der Waals surface area contributed by atoms with Crippen molar-refractivity contribution in [2.24, 2.45) is 0 Å². The van der Waals surface area contributed by atoms with Crippen LogP contribution in [0.4, 0.5) is 19.7 Å². The molecule has 2 aliphatic rings. The Morgan fingerprint density at radius 2 is 2.17 bits per heavy atom. The number of benzene rings is 1. The van der Waals surface area contributed by atoms with E-state index in [0.717, 1.165) is 0 Å². The first-order valence-corrected chi connectivity index (χ1v) is 9.69. The fourth-order valence-electron chi connectivity index (χ4n) is 3.30. The van der Waals surface area contributed by atoms with Crippen molar-refractivity contribution in [2.75, 3.05) is 37.6 Å². The summed E-state index contributed by atoms with van der Waals surface area (Å²) < 4.78 is 19.9. The molecular formula is C17H19Cl2FN4O5. The third kappa shape index (κ3) is 4.82. The molecule has 0 aliphatic carbocycles. The lowest BCUT2D eigenvalue weighted by atomic mass is 10.0. The molecule has 2 heterocycles. The minimum absolute atomic E-state index is 0.0128. The Bertz CT molecular complexity index is 812. The molecule has 0 aromatic heterocycles. The molecule has 2 aliphatic heterocycles. The fraction of sp³-hybridized carbons (Fsp3) is 0.471. The zero-order valence-corrected chi connectivity index (χ0v) is 16.6. The van der Waals surface area contributed by atoms with Gasteiger partial charge in [-0.25, -0.2) is 14.0 Å². The summed E-state index contributed by atoms with van der Waals surface area (Å²) in [6.07, 6.45) is -2.45. The molecule has 29 heavy (non-hydrogen) atoms. The Hall–Kier alpha value is -2.30.